The van der Waals surface area contributed by atoms with Crippen LogP contribution in [0.2, 0.25) is 0 Å². The summed E-state index contributed by atoms with van der Waals surface area (Å²) in [5.74, 6) is 1.31. The monoisotopic (exact) mass is 402 g/mol. The van der Waals surface area contributed by atoms with Gasteiger partial charge in [-0.1, -0.05) is 48.5 Å². The Balaban J connectivity index is 1.32. The molecule has 1 saturated heterocycles. The van der Waals surface area contributed by atoms with Crippen molar-refractivity contribution in [2.75, 3.05) is 41.7 Å². The number of piperazine rings is 1. The minimum atomic E-state index is -0.318. The molecule has 0 spiro atoms. The van der Waals surface area contributed by atoms with E-state index in [1.165, 1.54) is 11.9 Å². The molecule has 0 bridgehead atoms. The fourth-order valence-corrected chi connectivity index (χ4v) is 3.55. The summed E-state index contributed by atoms with van der Waals surface area (Å²) >= 11 is 0. The van der Waals surface area contributed by atoms with Crippen molar-refractivity contribution in [3.8, 4) is 0 Å². The zero-order valence-corrected chi connectivity index (χ0v) is 17.1. The maximum atomic E-state index is 12.3. The fraction of sp³-hybridized carbons (Fsp3) is 0.261. The number of anilines is 3. The highest BCUT2D eigenvalue weighted by Gasteiger charge is 2.19. The van der Waals surface area contributed by atoms with E-state index in [-0.39, 0.29) is 6.03 Å². The second-order valence-corrected chi connectivity index (χ2v) is 7.40. The van der Waals surface area contributed by atoms with E-state index < -0.39 is 0 Å². The lowest BCUT2D eigenvalue weighted by Gasteiger charge is -2.35. The number of carbonyl (C=O) groups excluding carboxylic acids is 1. The summed E-state index contributed by atoms with van der Waals surface area (Å²) in [6.07, 6.45) is 1.50. The molecule has 2 heterocycles. The van der Waals surface area contributed by atoms with Gasteiger partial charge in [0, 0.05) is 44.5 Å². The molecule has 1 fully saturated rings. The first-order chi connectivity index (χ1) is 14.7. The topological polar surface area (TPSA) is 73.4 Å². The third kappa shape index (κ3) is 5.12. The Labute approximate surface area is 176 Å². The van der Waals surface area contributed by atoms with Crippen molar-refractivity contribution in [1.82, 2.24) is 14.9 Å². The molecule has 2 amide bonds. The third-order valence-electron chi connectivity index (χ3n) is 5.23. The molecule has 0 unspecified atom stereocenters. The van der Waals surface area contributed by atoms with Gasteiger partial charge in [0.1, 0.15) is 18.0 Å². The van der Waals surface area contributed by atoms with E-state index in [9.17, 15) is 4.79 Å². The first-order valence-electron chi connectivity index (χ1n) is 10.1. The Kier molecular flexibility index (Phi) is 6.20. The molecule has 4 rings (SSSR count). The summed E-state index contributed by atoms with van der Waals surface area (Å²) in [6.45, 7) is 6.63. The normalized spacial score (nSPS) is 14.4. The van der Waals surface area contributed by atoms with E-state index in [1.54, 1.807) is 0 Å². The molecule has 30 heavy (non-hydrogen) atoms. The number of nitrogens with one attached hydrogen (secondary N) is 2. The van der Waals surface area contributed by atoms with Gasteiger partial charge in [-0.15, -0.1) is 0 Å². The van der Waals surface area contributed by atoms with Gasteiger partial charge in [0.15, 0.2) is 0 Å². The van der Waals surface area contributed by atoms with Gasteiger partial charge in [-0.05, 0) is 24.1 Å². The fourth-order valence-electron chi connectivity index (χ4n) is 3.55. The van der Waals surface area contributed by atoms with Gasteiger partial charge < -0.3 is 10.2 Å². The average Bonchev–Trinajstić information content (AvgIpc) is 2.77. The van der Waals surface area contributed by atoms with Crippen LogP contribution in [-0.4, -0.2) is 47.1 Å². The molecular weight excluding hydrogens is 376 g/mol. The highest BCUT2D eigenvalue weighted by molar-refractivity contribution is 5.99. The predicted octanol–water partition coefficient (Wildman–Crippen LogP) is 3.75. The molecule has 2 aromatic carbocycles. The van der Waals surface area contributed by atoms with Gasteiger partial charge >= 0.3 is 6.03 Å². The first kappa shape index (κ1) is 19.8. The van der Waals surface area contributed by atoms with Crippen molar-refractivity contribution in [3.05, 3.63) is 78.1 Å². The number of rotatable bonds is 5. The summed E-state index contributed by atoms with van der Waals surface area (Å²) in [6, 6.07) is 19.7. The zero-order valence-electron chi connectivity index (χ0n) is 17.1. The second kappa shape index (κ2) is 9.37. The number of nitrogens with zero attached hydrogens (tertiary/aromatic N) is 4. The van der Waals surface area contributed by atoms with E-state index >= 15 is 0 Å². The van der Waals surface area contributed by atoms with E-state index in [4.69, 9.17) is 0 Å². The zero-order chi connectivity index (χ0) is 20.8. The van der Waals surface area contributed by atoms with Crippen LogP contribution in [0.25, 0.3) is 0 Å². The van der Waals surface area contributed by atoms with Crippen LogP contribution < -0.4 is 15.5 Å². The van der Waals surface area contributed by atoms with Crippen molar-refractivity contribution < 1.29 is 4.79 Å². The Hall–Kier alpha value is -3.45. The lowest BCUT2D eigenvalue weighted by Crippen LogP contribution is -2.46. The Morgan fingerprint density at radius 3 is 2.43 bits per heavy atom. The molecule has 0 atom stereocenters. The summed E-state index contributed by atoms with van der Waals surface area (Å²) in [7, 11) is 0. The molecule has 7 heteroatoms. The number of hydrogen-bond donors (Lipinski definition) is 2. The summed E-state index contributed by atoms with van der Waals surface area (Å²) in [5.41, 5.74) is 3.11. The molecule has 1 aliphatic heterocycles. The maximum Gasteiger partial charge on any atom is 0.324 e. The van der Waals surface area contributed by atoms with Gasteiger partial charge in [0.05, 0.1) is 0 Å². The number of urea groups is 1. The van der Waals surface area contributed by atoms with E-state index in [1.807, 2.05) is 43.3 Å². The molecule has 0 radical (unpaired) electrons. The van der Waals surface area contributed by atoms with Gasteiger partial charge in [-0.2, -0.15) is 0 Å². The van der Waals surface area contributed by atoms with Gasteiger partial charge in [-0.3, -0.25) is 10.2 Å². The molecule has 0 aliphatic carbocycles. The number of amides is 2. The predicted molar refractivity (Wildman–Crippen MR) is 120 cm³/mol. The van der Waals surface area contributed by atoms with Crippen LogP contribution in [0.15, 0.2) is 67.0 Å². The Morgan fingerprint density at radius 2 is 1.67 bits per heavy atom. The van der Waals surface area contributed by atoms with Crippen LogP contribution in [0.3, 0.4) is 0 Å². The number of hydrogen-bond acceptors (Lipinski definition) is 5. The lowest BCUT2D eigenvalue weighted by atomic mass is 10.2. The molecule has 1 aromatic heterocycles. The van der Waals surface area contributed by atoms with Crippen molar-refractivity contribution in [1.29, 1.82) is 0 Å². The lowest BCUT2D eigenvalue weighted by molar-refractivity contribution is 0.249. The highest BCUT2D eigenvalue weighted by atomic mass is 16.2. The van der Waals surface area contributed by atoms with Crippen LogP contribution in [0.1, 0.15) is 11.1 Å². The molecule has 0 saturated carbocycles. The van der Waals surface area contributed by atoms with Crippen molar-refractivity contribution in [2.24, 2.45) is 0 Å². The van der Waals surface area contributed by atoms with Crippen molar-refractivity contribution >= 4 is 23.4 Å². The molecule has 1 aliphatic rings. The number of aromatic nitrogens is 2. The van der Waals surface area contributed by atoms with E-state index in [2.05, 4.69) is 54.7 Å². The molecule has 3 aromatic rings. The van der Waals surface area contributed by atoms with Crippen LogP contribution in [0.4, 0.5) is 22.1 Å². The summed E-state index contributed by atoms with van der Waals surface area (Å²) in [4.78, 5) is 25.6. The average molecular weight is 403 g/mol. The minimum absolute atomic E-state index is 0.318. The van der Waals surface area contributed by atoms with Gasteiger partial charge in [-0.25, -0.2) is 14.8 Å². The van der Waals surface area contributed by atoms with Crippen LogP contribution >= 0.6 is 0 Å². The molecule has 2 N–H and O–H groups in total. The first-order valence-corrected chi connectivity index (χ1v) is 10.1. The van der Waals surface area contributed by atoms with Crippen LogP contribution in [0.5, 0.6) is 0 Å². The SMILES string of the molecule is Cc1ccccc1NC(=O)Nc1cc(N2CCN(Cc3ccccc3)CC2)ncn1. The standard InChI is InChI=1S/C23H26N6O/c1-18-7-5-6-10-20(18)26-23(30)27-21-15-22(25-17-24-21)29-13-11-28(12-14-29)16-19-8-3-2-4-9-19/h2-10,15,17H,11-14,16H2,1H3,(H2,24,25,26,27,30). The van der Waals surface area contributed by atoms with Gasteiger partial charge in [0.25, 0.3) is 0 Å². The van der Waals surface area contributed by atoms with Crippen molar-refractivity contribution in [3.63, 3.8) is 0 Å². The maximum absolute atomic E-state index is 12.3. The largest absolute Gasteiger partial charge is 0.354 e. The number of aryl methyl sites for hydroxylation is 1. The number of benzene rings is 2. The molecular formula is C23H26N6O. The quantitative estimate of drug-likeness (QED) is 0.680. The number of carbonyl (C=O) groups is 1. The number of para-hydroxylation sites is 1. The van der Waals surface area contributed by atoms with E-state index in [0.717, 1.165) is 49.8 Å². The van der Waals surface area contributed by atoms with Crippen molar-refractivity contribution in [2.45, 2.75) is 13.5 Å². The Bertz CT molecular complexity index is 986. The minimum Gasteiger partial charge on any atom is -0.354 e. The van der Waals surface area contributed by atoms with E-state index in [0.29, 0.717) is 5.82 Å². The Morgan fingerprint density at radius 1 is 0.933 bits per heavy atom. The smallest absolute Gasteiger partial charge is 0.324 e. The van der Waals surface area contributed by atoms with Crippen LogP contribution in [0, 0.1) is 6.92 Å². The summed E-state index contributed by atoms with van der Waals surface area (Å²) in [5, 5.41) is 5.66. The van der Waals surface area contributed by atoms with Crippen LogP contribution in [-0.2, 0) is 6.54 Å². The van der Waals surface area contributed by atoms with Gasteiger partial charge in [0.2, 0.25) is 0 Å². The molecule has 154 valence electrons. The second-order valence-electron chi connectivity index (χ2n) is 7.40. The summed E-state index contributed by atoms with van der Waals surface area (Å²) < 4.78 is 0. The highest BCUT2D eigenvalue weighted by Crippen LogP contribution is 2.18. The third-order valence-corrected chi connectivity index (χ3v) is 5.23. The molecule has 7 nitrogen and oxygen atoms in total.